The number of ether oxygens (including phenoxy) is 2. The average molecular weight is 506 g/mol. The Morgan fingerprint density at radius 3 is 2.53 bits per heavy atom. The predicted octanol–water partition coefficient (Wildman–Crippen LogP) is 5.09. The summed E-state index contributed by atoms with van der Waals surface area (Å²) in [5, 5.41) is 3.22. The molecule has 0 spiro atoms. The molecule has 0 atom stereocenters. The van der Waals surface area contributed by atoms with Crippen LogP contribution in [0.15, 0.2) is 88.8 Å². The van der Waals surface area contributed by atoms with Crippen molar-refractivity contribution in [1.82, 2.24) is 4.90 Å². The minimum absolute atomic E-state index is 0.185. The lowest BCUT2D eigenvalue weighted by molar-refractivity contribution is -0.122. The van der Waals surface area contributed by atoms with Crippen molar-refractivity contribution in [2.24, 2.45) is 4.99 Å². The van der Waals surface area contributed by atoms with Crippen molar-refractivity contribution in [2.75, 3.05) is 32.2 Å². The number of methoxy groups -OCH3 is 1. The summed E-state index contributed by atoms with van der Waals surface area (Å²) in [6, 6.07) is 22.0. The van der Waals surface area contributed by atoms with E-state index in [4.69, 9.17) is 9.47 Å². The fourth-order valence-electron chi connectivity index (χ4n) is 3.33. The summed E-state index contributed by atoms with van der Waals surface area (Å²) in [6.45, 7) is 0.489. The van der Waals surface area contributed by atoms with Crippen LogP contribution in [0.5, 0.6) is 5.75 Å². The summed E-state index contributed by atoms with van der Waals surface area (Å²) < 4.78 is 24.0. The van der Waals surface area contributed by atoms with Gasteiger partial charge in [0.2, 0.25) is 0 Å². The van der Waals surface area contributed by atoms with Gasteiger partial charge in [-0.15, -0.1) is 0 Å². The number of halogens is 1. The van der Waals surface area contributed by atoms with Crippen molar-refractivity contribution in [3.8, 4) is 5.75 Å². The Balaban J connectivity index is 1.50. The number of carbonyl (C=O) groups is 2. The Bertz CT molecular complexity index is 1280. The number of aliphatic imine (C=N–C) groups is 1. The molecule has 0 bridgehead atoms. The van der Waals surface area contributed by atoms with E-state index >= 15 is 0 Å². The first kappa shape index (κ1) is 25.2. The largest absolute Gasteiger partial charge is 0.483 e. The van der Waals surface area contributed by atoms with Crippen LogP contribution in [-0.2, 0) is 14.3 Å². The van der Waals surface area contributed by atoms with E-state index < -0.39 is 5.91 Å². The molecule has 1 aliphatic heterocycles. The highest BCUT2D eigenvalue weighted by Gasteiger charge is 2.33. The third-order valence-corrected chi connectivity index (χ3v) is 6.09. The second-order valence-corrected chi connectivity index (χ2v) is 8.68. The molecule has 0 radical (unpaired) electrons. The fraction of sp³-hybridized carbons (Fsp3) is 0.148. The number of anilines is 1. The molecule has 4 rings (SSSR count). The van der Waals surface area contributed by atoms with Gasteiger partial charge in [-0.2, -0.15) is 0 Å². The summed E-state index contributed by atoms with van der Waals surface area (Å²) in [6.07, 6.45) is 1.73. The molecule has 2 amide bonds. The van der Waals surface area contributed by atoms with Gasteiger partial charge in [-0.25, -0.2) is 9.38 Å². The summed E-state index contributed by atoms with van der Waals surface area (Å²) in [5.74, 6) is -0.512. The van der Waals surface area contributed by atoms with Crippen molar-refractivity contribution in [3.63, 3.8) is 0 Å². The van der Waals surface area contributed by atoms with E-state index in [2.05, 4.69) is 10.3 Å². The second-order valence-electron chi connectivity index (χ2n) is 7.67. The van der Waals surface area contributed by atoms with Gasteiger partial charge in [0.1, 0.15) is 11.6 Å². The van der Waals surface area contributed by atoms with Crippen LogP contribution in [0.1, 0.15) is 5.56 Å². The molecule has 7 nitrogen and oxygen atoms in total. The average Bonchev–Trinajstić information content (AvgIpc) is 3.17. The van der Waals surface area contributed by atoms with Crippen LogP contribution in [0.25, 0.3) is 6.08 Å². The fourth-order valence-corrected chi connectivity index (χ4v) is 4.35. The van der Waals surface area contributed by atoms with Crippen LogP contribution < -0.4 is 10.1 Å². The zero-order chi connectivity index (χ0) is 25.3. The molecule has 1 fully saturated rings. The van der Waals surface area contributed by atoms with Crippen LogP contribution in [-0.4, -0.2) is 48.8 Å². The Labute approximate surface area is 212 Å². The highest BCUT2D eigenvalue weighted by Crippen LogP contribution is 2.35. The molecular formula is C27H24FN3O4S. The van der Waals surface area contributed by atoms with Gasteiger partial charge in [0, 0.05) is 18.4 Å². The van der Waals surface area contributed by atoms with E-state index in [-0.39, 0.29) is 18.3 Å². The predicted molar refractivity (Wildman–Crippen MR) is 140 cm³/mol. The number of nitrogens with one attached hydrogen (secondary N) is 1. The van der Waals surface area contributed by atoms with Crippen LogP contribution in [0, 0.1) is 5.82 Å². The number of para-hydroxylation sites is 2. The number of rotatable bonds is 9. The summed E-state index contributed by atoms with van der Waals surface area (Å²) in [5.41, 5.74) is 1.86. The Hall–Kier alpha value is -3.95. The van der Waals surface area contributed by atoms with Crippen molar-refractivity contribution in [2.45, 2.75) is 0 Å². The number of nitrogens with zero attached hydrogens (tertiary/aromatic N) is 2. The first-order valence-corrected chi connectivity index (χ1v) is 12.0. The molecule has 0 saturated carbocycles. The number of carbonyl (C=O) groups excluding carboxylic acids is 2. The molecule has 1 heterocycles. The van der Waals surface area contributed by atoms with E-state index in [0.29, 0.717) is 40.2 Å². The van der Waals surface area contributed by atoms with Gasteiger partial charge in [-0.3, -0.25) is 14.5 Å². The van der Waals surface area contributed by atoms with Crippen LogP contribution in [0.3, 0.4) is 0 Å². The van der Waals surface area contributed by atoms with Crippen LogP contribution in [0.4, 0.5) is 15.8 Å². The van der Waals surface area contributed by atoms with Crippen molar-refractivity contribution < 1.29 is 23.5 Å². The maximum Gasteiger partial charge on any atom is 0.266 e. The standard InChI is InChI=1S/C27H24FN3O4S/c1-34-16-15-31-26(33)24(36-27(31)30-21-8-3-2-4-9-21)17-19-7-5-6-10-23(19)35-18-25(32)29-22-13-11-20(28)12-14-22/h2-14,17H,15-16,18H2,1H3,(H,29,32)/b24-17-,30-27?. The summed E-state index contributed by atoms with van der Waals surface area (Å²) in [4.78, 5) is 32.2. The zero-order valence-corrected chi connectivity index (χ0v) is 20.3. The lowest BCUT2D eigenvalue weighted by atomic mass is 10.2. The van der Waals surface area contributed by atoms with Gasteiger partial charge in [-0.05, 0) is 60.3 Å². The van der Waals surface area contributed by atoms with E-state index in [1.54, 1.807) is 36.3 Å². The Kier molecular flexibility index (Phi) is 8.48. The molecular weight excluding hydrogens is 481 g/mol. The van der Waals surface area contributed by atoms with Gasteiger partial charge in [0.05, 0.1) is 23.7 Å². The van der Waals surface area contributed by atoms with Crippen LogP contribution >= 0.6 is 11.8 Å². The molecule has 9 heteroatoms. The van der Waals surface area contributed by atoms with Gasteiger partial charge in [0.15, 0.2) is 11.8 Å². The minimum Gasteiger partial charge on any atom is -0.483 e. The lowest BCUT2D eigenvalue weighted by Gasteiger charge is -2.14. The molecule has 0 aliphatic carbocycles. The number of amidine groups is 1. The van der Waals surface area contributed by atoms with Crippen molar-refractivity contribution >= 4 is 46.2 Å². The van der Waals surface area contributed by atoms with Gasteiger partial charge in [0.25, 0.3) is 11.8 Å². The molecule has 0 unspecified atom stereocenters. The highest BCUT2D eigenvalue weighted by atomic mass is 32.2. The number of hydrogen-bond acceptors (Lipinski definition) is 6. The highest BCUT2D eigenvalue weighted by molar-refractivity contribution is 8.18. The molecule has 1 N–H and O–H groups in total. The van der Waals surface area contributed by atoms with Gasteiger partial charge >= 0.3 is 0 Å². The van der Waals surface area contributed by atoms with Gasteiger partial charge < -0.3 is 14.8 Å². The molecule has 3 aromatic rings. The van der Waals surface area contributed by atoms with Gasteiger partial charge in [-0.1, -0.05) is 36.4 Å². The molecule has 3 aromatic carbocycles. The normalized spacial score (nSPS) is 15.5. The number of thioether (sulfide) groups is 1. The van der Waals surface area contributed by atoms with E-state index in [1.165, 1.54) is 36.0 Å². The lowest BCUT2D eigenvalue weighted by Crippen LogP contribution is -2.32. The monoisotopic (exact) mass is 505 g/mol. The smallest absolute Gasteiger partial charge is 0.266 e. The van der Waals surface area contributed by atoms with Crippen molar-refractivity contribution in [3.05, 3.63) is 95.1 Å². The number of benzene rings is 3. The Morgan fingerprint density at radius 1 is 1.06 bits per heavy atom. The summed E-state index contributed by atoms with van der Waals surface area (Å²) >= 11 is 1.27. The molecule has 1 saturated heterocycles. The van der Waals surface area contributed by atoms with E-state index in [1.807, 2.05) is 36.4 Å². The maximum absolute atomic E-state index is 13.2. The SMILES string of the molecule is COCCN1C(=O)/C(=C/c2ccccc2OCC(=O)Nc2ccc(F)cc2)SC1=Nc1ccccc1. The quantitative estimate of drug-likeness (QED) is 0.410. The third-order valence-electron chi connectivity index (χ3n) is 5.08. The van der Waals surface area contributed by atoms with Crippen LogP contribution in [0.2, 0.25) is 0 Å². The molecule has 36 heavy (non-hydrogen) atoms. The van der Waals surface area contributed by atoms with E-state index in [0.717, 1.165) is 5.69 Å². The Morgan fingerprint density at radius 2 is 1.78 bits per heavy atom. The second kappa shape index (κ2) is 12.1. The minimum atomic E-state index is -0.390. The number of amides is 2. The topological polar surface area (TPSA) is 80.2 Å². The first-order valence-electron chi connectivity index (χ1n) is 11.1. The molecule has 0 aromatic heterocycles. The summed E-state index contributed by atoms with van der Waals surface area (Å²) in [7, 11) is 1.58. The number of hydrogen-bond donors (Lipinski definition) is 1. The molecule has 1 aliphatic rings. The molecule has 184 valence electrons. The van der Waals surface area contributed by atoms with E-state index in [9.17, 15) is 14.0 Å². The third kappa shape index (κ3) is 6.59. The van der Waals surface area contributed by atoms with Crippen molar-refractivity contribution in [1.29, 1.82) is 0 Å². The first-order chi connectivity index (χ1) is 17.5. The zero-order valence-electron chi connectivity index (χ0n) is 19.5. The maximum atomic E-state index is 13.2.